The predicted octanol–water partition coefficient (Wildman–Crippen LogP) is 6.37. The van der Waals surface area contributed by atoms with Crippen LogP contribution in [0.3, 0.4) is 0 Å². The van der Waals surface area contributed by atoms with Gasteiger partial charge in [0.2, 0.25) is 5.85 Å². The molecular formula is C23H29N2O5PS. The molecule has 0 aliphatic heterocycles. The van der Waals surface area contributed by atoms with Crippen molar-refractivity contribution < 1.29 is 23.1 Å². The van der Waals surface area contributed by atoms with Crippen molar-refractivity contribution in [2.24, 2.45) is 0 Å². The van der Waals surface area contributed by atoms with Crippen LogP contribution in [0, 0.1) is 13.8 Å². The highest BCUT2D eigenvalue weighted by Crippen LogP contribution is 2.63. The minimum atomic E-state index is -3.88. The van der Waals surface area contributed by atoms with E-state index in [-0.39, 0.29) is 17.4 Å². The monoisotopic (exact) mass is 476 g/mol. The number of pyridine rings is 1. The fraction of sp³-hybridized carbons (Fsp3) is 0.391. The number of aromatic nitrogens is 2. The highest BCUT2D eigenvalue weighted by molar-refractivity contribution is 7.79. The molecular weight excluding hydrogens is 447 g/mol. The first-order chi connectivity index (χ1) is 15.1. The van der Waals surface area contributed by atoms with Crippen molar-refractivity contribution in [2.45, 2.75) is 59.6 Å². The first kappa shape index (κ1) is 24.4. The van der Waals surface area contributed by atoms with Gasteiger partial charge < -0.3 is 18.5 Å². The zero-order valence-electron chi connectivity index (χ0n) is 19.1. The SMILES string of the molecule is Cc1ccc(OC(=S)OC(c2c(C)nc3ccccn23)P(=O)(OC(C)C)OC(C)C)cc1. The second-order valence-electron chi connectivity index (χ2n) is 7.99. The van der Waals surface area contributed by atoms with E-state index in [0.717, 1.165) is 5.56 Å². The largest absolute Gasteiger partial charge is 0.434 e. The van der Waals surface area contributed by atoms with Gasteiger partial charge in [-0.15, -0.1) is 0 Å². The topological polar surface area (TPSA) is 71.3 Å². The number of benzene rings is 1. The maximum atomic E-state index is 14.1. The second kappa shape index (κ2) is 10.1. The van der Waals surface area contributed by atoms with Crippen LogP contribution in [-0.4, -0.2) is 26.8 Å². The molecule has 0 N–H and O–H groups in total. The fourth-order valence-electron chi connectivity index (χ4n) is 3.24. The van der Waals surface area contributed by atoms with Crippen LogP contribution in [0.4, 0.5) is 0 Å². The lowest BCUT2D eigenvalue weighted by atomic mass is 10.2. The van der Waals surface area contributed by atoms with Gasteiger partial charge in [0.25, 0.3) is 0 Å². The van der Waals surface area contributed by atoms with Gasteiger partial charge in [0, 0.05) is 18.4 Å². The van der Waals surface area contributed by atoms with Crippen LogP contribution in [0.15, 0.2) is 48.7 Å². The molecule has 0 amide bonds. The molecule has 32 heavy (non-hydrogen) atoms. The Morgan fingerprint density at radius 3 is 2.22 bits per heavy atom. The summed E-state index contributed by atoms with van der Waals surface area (Å²) in [7, 11) is -3.88. The summed E-state index contributed by atoms with van der Waals surface area (Å²) < 4.78 is 39.4. The Bertz CT molecular complexity index is 1110. The van der Waals surface area contributed by atoms with E-state index >= 15 is 0 Å². The van der Waals surface area contributed by atoms with E-state index in [4.69, 9.17) is 30.7 Å². The van der Waals surface area contributed by atoms with Crippen molar-refractivity contribution >= 4 is 30.7 Å². The van der Waals surface area contributed by atoms with Crippen molar-refractivity contribution in [3.63, 3.8) is 0 Å². The highest BCUT2D eigenvalue weighted by atomic mass is 32.1. The maximum absolute atomic E-state index is 14.1. The number of thiocarbonyl (C=S) groups is 1. The van der Waals surface area contributed by atoms with Crippen molar-refractivity contribution in [3.8, 4) is 5.75 Å². The average molecular weight is 477 g/mol. The Morgan fingerprint density at radius 2 is 1.62 bits per heavy atom. The summed E-state index contributed by atoms with van der Waals surface area (Å²) in [5.41, 5.74) is 2.92. The third-order valence-corrected chi connectivity index (χ3v) is 6.95. The van der Waals surface area contributed by atoms with Crippen LogP contribution in [0.2, 0.25) is 0 Å². The van der Waals surface area contributed by atoms with Gasteiger partial charge in [-0.1, -0.05) is 23.8 Å². The predicted molar refractivity (Wildman–Crippen MR) is 128 cm³/mol. The number of hydrogen-bond donors (Lipinski definition) is 0. The minimum absolute atomic E-state index is 0.191. The minimum Gasteiger partial charge on any atom is -0.434 e. The molecule has 7 nitrogen and oxygen atoms in total. The number of fused-ring (bicyclic) bond motifs is 1. The molecule has 0 radical (unpaired) electrons. The van der Waals surface area contributed by atoms with Crippen LogP contribution in [0.5, 0.6) is 5.75 Å². The average Bonchev–Trinajstić information content (AvgIpc) is 3.02. The zero-order chi connectivity index (χ0) is 23.5. The van der Waals surface area contributed by atoms with Crippen molar-refractivity contribution in [3.05, 3.63) is 65.6 Å². The van der Waals surface area contributed by atoms with Gasteiger partial charge in [0.05, 0.1) is 23.6 Å². The summed E-state index contributed by atoms with van der Waals surface area (Å²) >= 11 is 5.37. The third-order valence-electron chi connectivity index (χ3n) is 4.42. The highest BCUT2D eigenvalue weighted by Gasteiger charge is 2.45. The van der Waals surface area contributed by atoms with Crippen LogP contribution >= 0.6 is 19.8 Å². The van der Waals surface area contributed by atoms with Gasteiger partial charge in [-0.05, 0) is 65.8 Å². The van der Waals surface area contributed by atoms with E-state index in [1.54, 1.807) is 44.2 Å². The standard InChI is InChI=1S/C23H29N2O5PS/c1-15(2)29-31(26,30-16(3)4)22(21-18(6)24-20-9-7-8-14-25(20)21)28-23(32)27-19-12-10-17(5)11-13-19/h7-16,22H,1-6H3. The Kier molecular flexibility index (Phi) is 7.72. The first-order valence-corrected chi connectivity index (χ1v) is 12.5. The molecule has 1 atom stereocenters. The van der Waals surface area contributed by atoms with Gasteiger partial charge in [-0.3, -0.25) is 8.97 Å². The molecule has 0 fully saturated rings. The van der Waals surface area contributed by atoms with Gasteiger partial charge in [-0.25, -0.2) is 4.98 Å². The zero-order valence-corrected chi connectivity index (χ0v) is 20.9. The summed E-state index contributed by atoms with van der Waals surface area (Å²) in [6.45, 7) is 10.9. The summed E-state index contributed by atoms with van der Waals surface area (Å²) in [4.78, 5) is 4.57. The lowest BCUT2D eigenvalue weighted by Crippen LogP contribution is -2.21. The van der Waals surface area contributed by atoms with Gasteiger partial charge >= 0.3 is 12.8 Å². The quantitative estimate of drug-likeness (QED) is 0.276. The van der Waals surface area contributed by atoms with Crippen LogP contribution < -0.4 is 4.74 Å². The molecule has 1 aromatic carbocycles. The van der Waals surface area contributed by atoms with Crippen molar-refractivity contribution in [1.29, 1.82) is 0 Å². The number of aryl methyl sites for hydroxylation is 2. The molecule has 0 bridgehead atoms. The van der Waals surface area contributed by atoms with E-state index in [9.17, 15) is 4.57 Å². The lowest BCUT2D eigenvalue weighted by Gasteiger charge is -2.30. The molecule has 0 spiro atoms. The Balaban J connectivity index is 2.05. The first-order valence-electron chi connectivity index (χ1n) is 10.4. The molecule has 0 aliphatic carbocycles. The Labute approximate surface area is 194 Å². The molecule has 3 aromatic rings. The van der Waals surface area contributed by atoms with Crippen molar-refractivity contribution in [1.82, 2.24) is 9.38 Å². The maximum Gasteiger partial charge on any atom is 0.377 e. The van der Waals surface area contributed by atoms with Crippen LogP contribution in [0.1, 0.15) is 50.5 Å². The Hall–Kier alpha value is -2.25. The van der Waals surface area contributed by atoms with E-state index in [2.05, 4.69) is 4.98 Å². The Morgan fingerprint density at radius 1 is 1.00 bits per heavy atom. The lowest BCUT2D eigenvalue weighted by molar-refractivity contribution is 0.0964. The number of imidazole rings is 1. The molecule has 0 saturated carbocycles. The van der Waals surface area contributed by atoms with E-state index in [0.29, 0.717) is 22.8 Å². The van der Waals surface area contributed by atoms with E-state index in [1.807, 2.05) is 50.4 Å². The fourth-order valence-corrected chi connectivity index (χ4v) is 5.79. The number of hydrogen-bond acceptors (Lipinski definition) is 7. The van der Waals surface area contributed by atoms with E-state index in [1.165, 1.54) is 0 Å². The van der Waals surface area contributed by atoms with Crippen molar-refractivity contribution in [2.75, 3.05) is 0 Å². The molecule has 1 unspecified atom stereocenters. The summed E-state index contributed by atoms with van der Waals surface area (Å²) in [5, 5.41) is -0.191. The smallest absolute Gasteiger partial charge is 0.377 e. The molecule has 172 valence electrons. The van der Waals surface area contributed by atoms with E-state index < -0.39 is 13.4 Å². The normalized spacial score (nSPS) is 13.0. The van der Waals surface area contributed by atoms with Crippen LogP contribution in [-0.2, 0) is 18.3 Å². The molecule has 3 rings (SSSR count). The molecule has 2 aromatic heterocycles. The molecule has 0 aliphatic rings. The number of ether oxygens (including phenoxy) is 2. The summed E-state index contributed by atoms with van der Waals surface area (Å²) in [6, 6.07) is 13.0. The van der Waals surface area contributed by atoms with Gasteiger partial charge in [0.1, 0.15) is 11.4 Å². The van der Waals surface area contributed by atoms with Gasteiger partial charge in [0.15, 0.2) is 0 Å². The third kappa shape index (κ3) is 5.75. The van der Waals surface area contributed by atoms with Gasteiger partial charge in [-0.2, -0.15) is 0 Å². The molecule has 0 saturated heterocycles. The molecule has 2 heterocycles. The summed E-state index contributed by atoms with van der Waals surface area (Å²) in [5.74, 6) is -0.666. The second-order valence-corrected chi connectivity index (χ2v) is 10.3. The molecule has 9 heteroatoms. The van der Waals surface area contributed by atoms with Crippen LogP contribution in [0.25, 0.3) is 5.65 Å². The summed E-state index contributed by atoms with van der Waals surface area (Å²) in [6.07, 6.45) is 1.06. The number of nitrogens with zero attached hydrogens (tertiary/aromatic N) is 2. The number of rotatable bonds is 8.